The minimum absolute atomic E-state index is 0.417. The minimum atomic E-state index is -3.49. The minimum Gasteiger partial charge on any atom is -0.314 e. The molecule has 0 amide bonds. The Hall–Kier alpha value is -1.11. The molecule has 1 aromatic carbocycles. The average Bonchev–Trinajstić information content (AvgIpc) is 2.38. The fraction of sp³-hybridized carbons (Fsp3) is 0.600. The molecule has 1 aromatic rings. The normalized spacial score (nSPS) is 12.1. The highest BCUT2D eigenvalue weighted by Gasteiger charge is 2.17. The lowest BCUT2D eigenvalue weighted by molar-refractivity contribution is 0.451. The van der Waals surface area contributed by atoms with Gasteiger partial charge in [0.1, 0.15) is 0 Å². The summed E-state index contributed by atoms with van der Waals surface area (Å²) >= 11 is 0. The zero-order valence-electron chi connectivity index (χ0n) is 13.6. The second-order valence-electron chi connectivity index (χ2n) is 5.69. The molecule has 0 atom stereocenters. The highest BCUT2D eigenvalue weighted by atomic mass is 32.2. The zero-order valence-corrected chi connectivity index (χ0v) is 14.4. The molecule has 0 radical (unpaired) electrons. The molecule has 2 N–H and O–H groups in total. The van der Waals surface area contributed by atoms with Crippen molar-refractivity contribution in [2.24, 2.45) is 0 Å². The number of rotatable bonds is 8. The Bertz CT molecular complexity index is 556. The van der Waals surface area contributed by atoms with Gasteiger partial charge in [-0.1, -0.05) is 19.9 Å². The van der Waals surface area contributed by atoms with Gasteiger partial charge in [0.25, 0.3) is 0 Å². The highest BCUT2D eigenvalue weighted by molar-refractivity contribution is 7.90. The predicted octanol–water partition coefficient (Wildman–Crippen LogP) is 2.28. The van der Waals surface area contributed by atoms with Gasteiger partial charge in [0.2, 0.25) is 0 Å². The van der Waals surface area contributed by atoms with Crippen LogP contribution in [0.5, 0.6) is 0 Å². The zero-order chi connectivity index (χ0) is 16.0. The van der Waals surface area contributed by atoms with E-state index in [0.29, 0.717) is 18.3 Å². The second kappa shape index (κ2) is 7.77. The summed E-state index contributed by atoms with van der Waals surface area (Å²) in [6.45, 7) is 9.40. The van der Waals surface area contributed by atoms with E-state index in [1.54, 1.807) is 13.1 Å². The first-order chi connectivity index (χ1) is 9.72. The molecule has 0 aliphatic carbocycles. The third-order valence-corrected chi connectivity index (χ3v) is 4.86. The summed E-state index contributed by atoms with van der Waals surface area (Å²) in [6.07, 6.45) is 0.780. The van der Waals surface area contributed by atoms with Gasteiger partial charge in [-0.05, 0) is 50.1 Å². The van der Waals surface area contributed by atoms with E-state index in [-0.39, 0.29) is 0 Å². The van der Waals surface area contributed by atoms with Crippen LogP contribution in [0.25, 0.3) is 0 Å². The van der Waals surface area contributed by atoms with Crippen LogP contribution in [-0.2, 0) is 10.2 Å². The molecule has 0 unspecified atom stereocenters. The van der Waals surface area contributed by atoms with Crippen LogP contribution in [0.2, 0.25) is 0 Å². The van der Waals surface area contributed by atoms with Gasteiger partial charge in [-0.25, -0.2) is 0 Å². The van der Waals surface area contributed by atoms with Crippen molar-refractivity contribution in [1.82, 2.24) is 9.62 Å². The van der Waals surface area contributed by atoms with Gasteiger partial charge in [0, 0.05) is 19.6 Å². The fourth-order valence-electron chi connectivity index (χ4n) is 1.84. The van der Waals surface area contributed by atoms with E-state index < -0.39 is 10.2 Å². The number of aryl methyl sites for hydroxylation is 2. The van der Waals surface area contributed by atoms with E-state index >= 15 is 0 Å². The average molecular weight is 313 g/mol. The first-order valence-corrected chi connectivity index (χ1v) is 8.71. The molecule has 6 heteroatoms. The Balaban J connectivity index is 2.57. The SMILES string of the molecule is Cc1ccc(NS(=O)(=O)N(C)CCCNC(C)C)cc1C. The monoisotopic (exact) mass is 313 g/mol. The third-order valence-electron chi connectivity index (χ3n) is 3.37. The molecule has 0 bridgehead atoms. The van der Waals surface area contributed by atoms with Gasteiger partial charge >= 0.3 is 10.2 Å². The quantitative estimate of drug-likeness (QED) is 0.724. The van der Waals surface area contributed by atoms with E-state index in [0.717, 1.165) is 24.1 Å². The topological polar surface area (TPSA) is 61.4 Å². The van der Waals surface area contributed by atoms with Gasteiger partial charge in [-0.15, -0.1) is 0 Å². The van der Waals surface area contributed by atoms with Crippen LogP contribution in [0, 0.1) is 13.8 Å². The van der Waals surface area contributed by atoms with Gasteiger partial charge in [0.05, 0.1) is 5.69 Å². The second-order valence-corrected chi connectivity index (χ2v) is 7.47. The van der Waals surface area contributed by atoms with Crippen molar-refractivity contribution in [2.75, 3.05) is 24.9 Å². The van der Waals surface area contributed by atoms with Gasteiger partial charge in [0.15, 0.2) is 0 Å². The Morgan fingerprint density at radius 3 is 2.43 bits per heavy atom. The van der Waals surface area contributed by atoms with Gasteiger partial charge in [-0.2, -0.15) is 12.7 Å². The van der Waals surface area contributed by atoms with Crippen molar-refractivity contribution in [3.63, 3.8) is 0 Å². The summed E-state index contributed by atoms with van der Waals surface area (Å²) < 4.78 is 28.4. The number of benzene rings is 1. The molecule has 0 aromatic heterocycles. The number of nitrogens with zero attached hydrogens (tertiary/aromatic N) is 1. The number of hydrogen-bond acceptors (Lipinski definition) is 3. The largest absolute Gasteiger partial charge is 0.314 e. The van der Waals surface area contributed by atoms with Crippen molar-refractivity contribution < 1.29 is 8.42 Å². The Morgan fingerprint density at radius 1 is 1.19 bits per heavy atom. The molecule has 0 aliphatic rings. The summed E-state index contributed by atoms with van der Waals surface area (Å²) in [4.78, 5) is 0. The Labute approximate surface area is 128 Å². The first-order valence-electron chi connectivity index (χ1n) is 7.27. The molecular formula is C15H27N3O2S. The fourth-order valence-corrected chi connectivity index (χ4v) is 2.79. The number of nitrogens with one attached hydrogen (secondary N) is 2. The van der Waals surface area contributed by atoms with Gasteiger partial charge < -0.3 is 5.32 Å². The van der Waals surface area contributed by atoms with Crippen LogP contribution in [0.1, 0.15) is 31.4 Å². The van der Waals surface area contributed by atoms with Crippen molar-refractivity contribution in [3.05, 3.63) is 29.3 Å². The maximum absolute atomic E-state index is 12.2. The van der Waals surface area contributed by atoms with E-state index in [9.17, 15) is 8.42 Å². The van der Waals surface area contributed by atoms with Crippen LogP contribution in [0.4, 0.5) is 5.69 Å². The molecular weight excluding hydrogens is 286 g/mol. The van der Waals surface area contributed by atoms with Crippen LogP contribution in [0.3, 0.4) is 0 Å². The first kappa shape index (κ1) is 17.9. The summed E-state index contributed by atoms with van der Waals surface area (Å²) in [5, 5.41) is 3.27. The molecule has 0 aliphatic heterocycles. The van der Waals surface area contributed by atoms with E-state index in [1.807, 2.05) is 26.0 Å². The lowest BCUT2D eigenvalue weighted by Gasteiger charge is -2.19. The molecule has 0 spiro atoms. The van der Waals surface area contributed by atoms with Crippen molar-refractivity contribution in [2.45, 2.75) is 40.2 Å². The molecule has 21 heavy (non-hydrogen) atoms. The molecule has 0 saturated carbocycles. The van der Waals surface area contributed by atoms with Crippen LogP contribution in [-0.4, -0.2) is 38.9 Å². The summed E-state index contributed by atoms with van der Waals surface area (Å²) in [5.74, 6) is 0. The molecule has 0 saturated heterocycles. The van der Waals surface area contributed by atoms with Crippen LogP contribution >= 0.6 is 0 Å². The van der Waals surface area contributed by atoms with Crippen molar-refractivity contribution in [3.8, 4) is 0 Å². The molecule has 0 fully saturated rings. The standard InChI is InChI=1S/C15H27N3O2S/c1-12(2)16-9-6-10-18(5)21(19,20)17-15-8-7-13(3)14(4)11-15/h7-8,11-12,16-17H,6,9-10H2,1-5H3. The van der Waals surface area contributed by atoms with E-state index in [2.05, 4.69) is 23.9 Å². The number of hydrogen-bond donors (Lipinski definition) is 2. The Kier molecular flexibility index (Phi) is 6.64. The van der Waals surface area contributed by atoms with Crippen molar-refractivity contribution in [1.29, 1.82) is 0 Å². The maximum Gasteiger partial charge on any atom is 0.301 e. The molecule has 120 valence electrons. The Morgan fingerprint density at radius 2 is 1.86 bits per heavy atom. The maximum atomic E-state index is 12.2. The van der Waals surface area contributed by atoms with Crippen molar-refractivity contribution >= 4 is 15.9 Å². The van der Waals surface area contributed by atoms with Crippen LogP contribution < -0.4 is 10.0 Å². The summed E-state index contributed by atoms with van der Waals surface area (Å²) in [5.41, 5.74) is 2.82. The van der Waals surface area contributed by atoms with Crippen LogP contribution in [0.15, 0.2) is 18.2 Å². The molecule has 5 nitrogen and oxygen atoms in total. The molecule has 1 rings (SSSR count). The smallest absolute Gasteiger partial charge is 0.301 e. The van der Waals surface area contributed by atoms with E-state index in [1.165, 1.54) is 4.31 Å². The summed E-state index contributed by atoms with van der Waals surface area (Å²) in [7, 11) is -1.89. The van der Waals surface area contributed by atoms with E-state index in [4.69, 9.17) is 0 Å². The summed E-state index contributed by atoms with van der Waals surface area (Å²) in [6, 6.07) is 5.97. The van der Waals surface area contributed by atoms with Gasteiger partial charge in [-0.3, -0.25) is 4.72 Å². The predicted molar refractivity (Wildman–Crippen MR) is 88.8 cm³/mol. The lowest BCUT2D eigenvalue weighted by Crippen LogP contribution is -2.35. The third kappa shape index (κ3) is 6.03. The highest BCUT2D eigenvalue weighted by Crippen LogP contribution is 2.16. The lowest BCUT2D eigenvalue weighted by atomic mass is 10.1. The molecule has 0 heterocycles. The number of anilines is 1.